The number of nitrogens with one attached hydrogen (secondary N) is 1. The van der Waals surface area contributed by atoms with Gasteiger partial charge in [0.25, 0.3) is 0 Å². The number of carboxylic acid groups (broad SMARTS) is 1. The molecule has 0 aliphatic heterocycles. The SMILES string of the molecule is O=C(O)CSCCCNC(=O)C(F)(F)F. The fraction of sp³-hybridized carbons (Fsp3) is 0.714. The van der Waals surface area contributed by atoms with E-state index in [2.05, 4.69) is 0 Å². The van der Waals surface area contributed by atoms with Gasteiger partial charge in [0.2, 0.25) is 0 Å². The Balaban J connectivity index is 3.40. The lowest BCUT2D eigenvalue weighted by atomic mass is 10.4. The van der Waals surface area contributed by atoms with Crippen LogP contribution in [0.5, 0.6) is 0 Å². The smallest absolute Gasteiger partial charge is 0.471 e. The predicted octanol–water partition coefficient (Wildman–Crippen LogP) is 0.873. The molecule has 88 valence electrons. The number of alkyl halides is 3. The summed E-state index contributed by atoms with van der Waals surface area (Å²) in [6, 6.07) is 0. The van der Waals surface area contributed by atoms with Gasteiger partial charge in [-0.2, -0.15) is 24.9 Å². The van der Waals surface area contributed by atoms with Crippen LogP contribution in [0.25, 0.3) is 0 Å². The molecular formula is C7H10F3NO3S. The molecule has 0 aromatic rings. The van der Waals surface area contributed by atoms with E-state index in [9.17, 15) is 22.8 Å². The quantitative estimate of drug-likeness (QED) is 0.681. The average molecular weight is 245 g/mol. The third-order valence-electron chi connectivity index (χ3n) is 1.23. The molecule has 0 heterocycles. The van der Waals surface area contributed by atoms with Crippen molar-refractivity contribution in [2.75, 3.05) is 18.1 Å². The van der Waals surface area contributed by atoms with Gasteiger partial charge in [-0.05, 0) is 12.2 Å². The van der Waals surface area contributed by atoms with Crippen LogP contribution < -0.4 is 5.32 Å². The molecule has 0 saturated carbocycles. The standard InChI is InChI=1S/C7H10F3NO3S/c8-7(9,10)6(14)11-2-1-3-15-4-5(12)13/h1-4H2,(H,11,14)(H,12,13). The lowest BCUT2D eigenvalue weighted by molar-refractivity contribution is -0.173. The molecule has 0 unspecified atom stereocenters. The van der Waals surface area contributed by atoms with Crippen molar-refractivity contribution >= 4 is 23.6 Å². The van der Waals surface area contributed by atoms with E-state index in [-0.39, 0.29) is 12.3 Å². The maximum absolute atomic E-state index is 11.6. The summed E-state index contributed by atoms with van der Waals surface area (Å²) in [5.41, 5.74) is 0. The molecule has 0 spiro atoms. The van der Waals surface area contributed by atoms with Crippen molar-refractivity contribution in [2.45, 2.75) is 12.6 Å². The van der Waals surface area contributed by atoms with E-state index in [0.717, 1.165) is 11.8 Å². The highest BCUT2D eigenvalue weighted by atomic mass is 32.2. The molecule has 1 amide bonds. The number of halogens is 3. The van der Waals surface area contributed by atoms with E-state index in [1.807, 2.05) is 0 Å². The van der Waals surface area contributed by atoms with Crippen LogP contribution in [0.15, 0.2) is 0 Å². The first-order valence-corrected chi connectivity index (χ1v) is 5.14. The molecule has 0 fully saturated rings. The Morgan fingerprint density at radius 2 is 1.93 bits per heavy atom. The van der Waals surface area contributed by atoms with E-state index in [1.54, 1.807) is 5.32 Å². The summed E-state index contributed by atoms with van der Waals surface area (Å²) in [6.45, 7) is -0.106. The zero-order valence-corrected chi connectivity index (χ0v) is 8.45. The Bertz CT molecular complexity index is 232. The second-order valence-electron chi connectivity index (χ2n) is 2.55. The topological polar surface area (TPSA) is 66.4 Å². The van der Waals surface area contributed by atoms with Crippen molar-refractivity contribution in [2.24, 2.45) is 0 Å². The van der Waals surface area contributed by atoms with E-state index >= 15 is 0 Å². The number of aliphatic carboxylic acids is 1. The Hall–Kier alpha value is -0.920. The molecule has 0 aromatic heterocycles. The average Bonchev–Trinajstić information content (AvgIpc) is 2.08. The number of carbonyl (C=O) groups excluding carboxylic acids is 1. The van der Waals surface area contributed by atoms with Gasteiger partial charge >= 0.3 is 18.1 Å². The highest BCUT2D eigenvalue weighted by Crippen LogP contribution is 2.13. The van der Waals surface area contributed by atoms with Gasteiger partial charge in [-0.15, -0.1) is 0 Å². The van der Waals surface area contributed by atoms with Crippen LogP contribution in [0.3, 0.4) is 0 Å². The van der Waals surface area contributed by atoms with E-state index in [0.29, 0.717) is 12.2 Å². The summed E-state index contributed by atoms with van der Waals surface area (Å²) in [7, 11) is 0. The van der Waals surface area contributed by atoms with Crippen LogP contribution in [0.4, 0.5) is 13.2 Å². The summed E-state index contributed by atoms with van der Waals surface area (Å²) >= 11 is 1.09. The van der Waals surface area contributed by atoms with Crippen molar-refractivity contribution < 1.29 is 27.9 Å². The summed E-state index contributed by atoms with van der Waals surface area (Å²) in [5, 5.41) is 9.91. The summed E-state index contributed by atoms with van der Waals surface area (Å²) < 4.78 is 34.9. The van der Waals surface area contributed by atoms with Crippen LogP contribution in [0.1, 0.15) is 6.42 Å². The molecule has 0 rings (SSSR count). The first-order chi connectivity index (χ1) is 6.84. The van der Waals surface area contributed by atoms with Crippen LogP contribution in [-0.2, 0) is 9.59 Å². The molecule has 0 saturated heterocycles. The van der Waals surface area contributed by atoms with Crippen LogP contribution >= 0.6 is 11.8 Å². The first kappa shape index (κ1) is 14.1. The molecule has 15 heavy (non-hydrogen) atoms. The Morgan fingerprint density at radius 3 is 2.40 bits per heavy atom. The van der Waals surface area contributed by atoms with E-state index < -0.39 is 18.1 Å². The van der Waals surface area contributed by atoms with Gasteiger partial charge in [-0.3, -0.25) is 9.59 Å². The molecule has 0 aliphatic rings. The van der Waals surface area contributed by atoms with E-state index in [4.69, 9.17) is 5.11 Å². The second-order valence-corrected chi connectivity index (χ2v) is 3.66. The summed E-state index contributed by atoms with van der Waals surface area (Å²) in [4.78, 5) is 20.3. The fourth-order valence-corrected chi connectivity index (χ4v) is 1.30. The van der Waals surface area contributed by atoms with Crippen molar-refractivity contribution in [3.8, 4) is 0 Å². The normalized spacial score (nSPS) is 11.1. The van der Waals surface area contributed by atoms with Crippen molar-refractivity contribution in [1.82, 2.24) is 5.32 Å². The lowest BCUT2D eigenvalue weighted by Gasteiger charge is -2.06. The fourth-order valence-electron chi connectivity index (χ4n) is 0.636. The number of amides is 1. The molecule has 0 aliphatic carbocycles. The molecule has 2 N–H and O–H groups in total. The van der Waals surface area contributed by atoms with Gasteiger partial charge in [0, 0.05) is 6.54 Å². The Kier molecular flexibility index (Phi) is 6.14. The van der Waals surface area contributed by atoms with Gasteiger partial charge in [-0.25, -0.2) is 0 Å². The molecule has 0 bridgehead atoms. The summed E-state index contributed by atoms with van der Waals surface area (Å²) in [5.74, 6) is -2.64. The number of carbonyl (C=O) groups is 2. The lowest BCUT2D eigenvalue weighted by Crippen LogP contribution is -2.37. The van der Waals surface area contributed by atoms with Crippen LogP contribution in [-0.4, -0.2) is 41.2 Å². The van der Waals surface area contributed by atoms with Gasteiger partial charge in [0.1, 0.15) is 0 Å². The summed E-state index contributed by atoms with van der Waals surface area (Å²) in [6.07, 6.45) is -4.55. The van der Waals surface area contributed by atoms with Crippen LogP contribution in [0.2, 0.25) is 0 Å². The highest BCUT2D eigenvalue weighted by Gasteiger charge is 2.38. The third kappa shape index (κ3) is 8.10. The Morgan fingerprint density at radius 1 is 1.33 bits per heavy atom. The number of hydrogen-bond donors (Lipinski definition) is 2. The minimum atomic E-state index is -4.85. The minimum absolute atomic E-state index is 0.0901. The van der Waals surface area contributed by atoms with Gasteiger partial charge in [-0.1, -0.05) is 0 Å². The van der Waals surface area contributed by atoms with E-state index in [1.165, 1.54) is 0 Å². The molecule has 0 radical (unpaired) electrons. The number of hydrogen-bond acceptors (Lipinski definition) is 3. The number of thioether (sulfide) groups is 1. The van der Waals surface area contributed by atoms with Crippen molar-refractivity contribution in [1.29, 1.82) is 0 Å². The molecule has 0 aromatic carbocycles. The zero-order valence-electron chi connectivity index (χ0n) is 7.63. The molecule has 4 nitrogen and oxygen atoms in total. The van der Waals surface area contributed by atoms with Gasteiger partial charge < -0.3 is 10.4 Å². The zero-order chi connectivity index (χ0) is 11.9. The number of rotatable bonds is 6. The Labute approximate surface area is 88.2 Å². The highest BCUT2D eigenvalue weighted by molar-refractivity contribution is 7.99. The largest absolute Gasteiger partial charge is 0.481 e. The maximum Gasteiger partial charge on any atom is 0.471 e. The molecule has 8 heteroatoms. The second kappa shape index (κ2) is 6.54. The maximum atomic E-state index is 11.6. The monoisotopic (exact) mass is 245 g/mol. The van der Waals surface area contributed by atoms with Gasteiger partial charge in [0.15, 0.2) is 0 Å². The van der Waals surface area contributed by atoms with Crippen molar-refractivity contribution in [3.05, 3.63) is 0 Å². The molecular weight excluding hydrogens is 235 g/mol. The van der Waals surface area contributed by atoms with Crippen LogP contribution in [0, 0.1) is 0 Å². The third-order valence-corrected chi connectivity index (χ3v) is 2.26. The number of carboxylic acids is 1. The molecule has 0 atom stereocenters. The van der Waals surface area contributed by atoms with Gasteiger partial charge in [0.05, 0.1) is 5.75 Å². The minimum Gasteiger partial charge on any atom is -0.481 e. The van der Waals surface area contributed by atoms with Crippen molar-refractivity contribution in [3.63, 3.8) is 0 Å². The predicted molar refractivity (Wildman–Crippen MR) is 48.6 cm³/mol. The first-order valence-electron chi connectivity index (χ1n) is 3.98.